The highest BCUT2D eigenvalue weighted by atomic mass is 16.5. The number of hydrogen-bond acceptors (Lipinski definition) is 8. The number of fused-ring (bicyclic) bond motifs is 2. The van der Waals surface area contributed by atoms with E-state index in [1.54, 1.807) is 15.8 Å². The minimum Gasteiger partial charge on any atom is -0.442 e. The van der Waals surface area contributed by atoms with Gasteiger partial charge < -0.3 is 29.7 Å². The summed E-state index contributed by atoms with van der Waals surface area (Å²) in [5, 5.41) is 9.62. The van der Waals surface area contributed by atoms with Crippen LogP contribution in [0.4, 0.5) is 4.79 Å². The number of esters is 1. The smallest absolute Gasteiger partial charge is 0.318 e. The minimum atomic E-state index is -0.757. The van der Waals surface area contributed by atoms with Crippen LogP contribution >= 0.6 is 0 Å². The molecule has 2 aromatic carbocycles. The Morgan fingerprint density at radius 2 is 1.57 bits per heavy atom. The fourth-order valence-electron chi connectivity index (χ4n) is 9.60. The van der Waals surface area contributed by atoms with Crippen LogP contribution < -0.4 is 10.9 Å². The van der Waals surface area contributed by atoms with Gasteiger partial charge in [-0.15, -0.1) is 0 Å². The molecule has 0 radical (unpaired) electrons. The first-order chi connectivity index (χ1) is 29.2. The van der Waals surface area contributed by atoms with Crippen molar-refractivity contribution in [2.75, 3.05) is 59.4 Å². The van der Waals surface area contributed by atoms with Crippen molar-refractivity contribution in [1.29, 1.82) is 0 Å². The molecular formula is C47H66N8O5. The summed E-state index contributed by atoms with van der Waals surface area (Å²) in [6, 6.07) is 13.4. The van der Waals surface area contributed by atoms with E-state index in [0.29, 0.717) is 57.9 Å². The molecule has 3 fully saturated rings. The number of benzene rings is 2. The lowest BCUT2D eigenvalue weighted by molar-refractivity contribution is -0.147. The number of likely N-dealkylation sites (tertiary alicyclic amines) is 2. The van der Waals surface area contributed by atoms with Crippen molar-refractivity contribution in [2.45, 2.75) is 122 Å². The van der Waals surface area contributed by atoms with E-state index in [4.69, 9.17) is 4.74 Å². The number of nitrogens with one attached hydrogen (secondary N) is 2. The average molecular weight is 823 g/mol. The summed E-state index contributed by atoms with van der Waals surface area (Å²) in [6.07, 6.45) is 14.1. The standard InChI is InChI=1S/C47H66N8O5/c1-4-5-6-7-8-9-10-15-43(56)60-33-55-44-34(2)28-35(29-38(44)32-48-55)30-42(46(58)53-26-24-52(25-27-53)39-18-20-51(3)21-19-39)50-47(59)54-22-16-36(17-23-54)40-31-37-13-11-12-14-41(37)49-45(40)57/h11-14,28-29,31-32,36,39,42H,4-10,15-27,30,33H2,1-3H3,(H,49,57)(H,50,59)/t42-/m1/s1. The van der Waals surface area contributed by atoms with Gasteiger partial charge in [0.15, 0.2) is 6.73 Å². The van der Waals surface area contributed by atoms with Crippen LogP contribution in [0.5, 0.6) is 0 Å². The number of aryl methyl sites for hydroxylation is 1. The second kappa shape index (κ2) is 20.7. The van der Waals surface area contributed by atoms with E-state index < -0.39 is 6.04 Å². The second-order valence-corrected chi connectivity index (χ2v) is 17.5. The van der Waals surface area contributed by atoms with Crippen molar-refractivity contribution in [3.8, 4) is 0 Å². The summed E-state index contributed by atoms with van der Waals surface area (Å²) in [5.74, 6) is -0.229. The summed E-state index contributed by atoms with van der Waals surface area (Å²) < 4.78 is 7.35. The maximum absolute atomic E-state index is 14.4. The monoisotopic (exact) mass is 823 g/mol. The van der Waals surface area contributed by atoms with Crippen LogP contribution in [0.25, 0.3) is 21.8 Å². The van der Waals surface area contributed by atoms with Crippen molar-refractivity contribution >= 4 is 39.7 Å². The van der Waals surface area contributed by atoms with Crippen molar-refractivity contribution in [1.82, 2.24) is 39.7 Å². The molecular weight excluding hydrogens is 757 g/mol. The lowest BCUT2D eigenvalue weighted by Crippen LogP contribution is -2.59. The third-order valence-electron chi connectivity index (χ3n) is 13.2. The van der Waals surface area contributed by atoms with Gasteiger partial charge in [-0.1, -0.05) is 69.7 Å². The first-order valence-corrected chi connectivity index (χ1v) is 22.7. The molecule has 4 aromatic rings. The highest BCUT2D eigenvalue weighted by Crippen LogP contribution is 2.28. The maximum Gasteiger partial charge on any atom is 0.318 e. The number of hydrogen-bond donors (Lipinski definition) is 2. The molecule has 2 aromatic heterocycles. The zero-order chi connectivity index (χ0) is 42.0. The Bertz CT molecular complexity index is 2120. The van der Waals surface area contributed by atoms with E-state index >= 15 is 0 Å². The number of H-pyrrole nitrogens is 1. The Kier molecular flexibility index (Phi) is 14.9. The van der Waals surface area contributed by atoms with Crippen molar-refractivity contribution in [3.63, 3.8) is 0 Å². The van der Waals surface area contributed by atoms with Gasteiger partial charge in [0.1, 0.15) is 6.04 Å². The van der Waals surface area contributed by atoms with Crippen LogP contribution in [0.15, 0.2) is 53.5 Å². The fourth-order valence-corrected chi connectivity index (χ4v) is 9.60. The molecule has 7 rings (SSSR count). The van der Waals surface area contributed by atoms with Crippen LogP contribution in [0.3, 0.4) is 0 Å². The number of ether oxygens (including phenoxy) is 1. The summed E-state index contributed by atoms with van der Waals surface area (Å²) in [7, 11) is 2.18. The number of rotatable bonds is 16. The quantitative estimate of drug-likeness (QED) is 0.0958. The van der Waals surface area contributed by atoms with Gasteiger partial charge in [0.25, 0.3) is 5.56 Å². The number of piperidine rings is 2. The summed E-state index contributed by atoms with van der Waals surface area (Å²) in [5.41, 5.74) is 4.27. The Hall–Kier alpha value is -4.75. The first kappa shape index (κ1) is 43.3. The number of nitrogens with zero attached hydrogens (tertiary/aromatic N) is 6. The van der Waals surface area contributed by atoms with Gasteiger partial charge in [0.2, 0.25) is 5.91 Å². The minimum absolute atomic E-state index is 0.0462. The van der Waals surface area contributed by atoms with Crippen molar-refractivity contribution in [2.24, 2.45) is 0 Å². The van der Waals surface area contributed by atoms with E-state index in [9.17, 15) is 19.2 Å². The number of unbranched alkanes of at least 4 members (excludes halogenated alkanes) is 6. The van der Waals surface area contributed by atoms with E-state index in [0.717, 1.165) is 96.8 Å². The SMILES string of the molecule is CCCCCCCCCC(=O)OCn1ncc2cc(C[C@@H](NC(=O)N3CCC(c4cc5ccccc5[nH]c4=O)CC3)C(=O)N3CCN(C4CCN(C)CC4)CC3)cc(C)c21. The molecule has 0 unspecified atom stereocenters. The van der Waals surface area contributed by atoms with Crippen molar-refractivity contribution < 1.29 is 19.1 Å². The number of carbonyl (C=O) groups excluding carboxylic acids is 3. The highest BCUT2D eigenvalue weighted by molar-refractivity contribution is 5.88. The van der Waals surface area contributed by atoms with Gasteiger partial charge >= 0.3 is 12.0 Å². The maximum atomic E-state index is 14.4. The van der Waals surface area contributed by atoms with E-state index in [1.807, 2.05) is 48.2 Å². The molecule has 0 spiro atoms. The molecule has 324 valence electrons. The van der Waals surface area contributed by atoms with E-state index in [2.05, 4.69) is 45.2 Å². The Balaban J connectivity index is 0.996. The number of pyridine rings is 1. The number of amides is 3. The number of aromatic nitrogens is 3. The molecule has 0 bridgehead atoms. The van der Waals surface area contributed by atoms with Gasteiger partial charge in [-0.25, -0.2) is 9.48 Å². The zero-order valence-corrected chi connectivity index (χ0v) is 36.1. The zero-order valence-electron chi connectivity index (χ0n) is 36.1. The lowest BCUT2D eigenvalue weighted by atomic mass is 9.89. The molecule has 1 atom stereocenters. The van der Waals surface area contributed by atoms with E-state index in [-0.39, 0.29) is 36.1 Å². The number of carbonyl (C=O) groups is 3. The Morgan fingerprint density at radius 3 is 2.32 bits per heavy atom. The molecule has 3 aliphatic heterocycles. The van der Waals surface area contributed by atoms with Crippen LogP contribution in [0, 0.1) is 6.92 Å². The molecule has 5 heterocycles. The molecule has 3 amide bonds. The van der Waals surface area contributed by atoms with Crippen LogP contribution in [-0.4, -0.2) is 124 Å². The average Bonchev–Trinajstić information content (AvgIpc) is 3.68. The number of aromatic amines is 1. The van der Waals surface area contributed by atoms with E-state index in [1.165, 1.54) is 25.7 Å². The molecule has 3 aliphatic rings. The number of piperazine rings is 1. The van der Waals surface area contributed by atoms with Crippen LogP contribution in [0.1, 0.15) is 107 Å². The number of urea groups is 1. The first-order valence-electron chi connectivity index (χ1n) is 22.7. The van der Waals surface area contributed by atoms with Gasteiger partial charge in [-0.3, -0.25) is 19.3 Å². The molecule has 13 nitrogen and oxygen atoms in total. The Labute approximate surface area is 354 Å². The van der Waals surface area contributed by atoms with Crippen LogP contribution in [-0.2, 0) is 27.5 Å². The predicted molar refractivity (Wildman–Crippen MR) is 236 cm³/mol. The topological polar surface area (TPSA) is 136 Å². The lowest BCUT2D eigenvalue weighted by Gasteiger charge is -2.43. The van der Waals surface area contributed by atoms with Gasteiger partial charge in [0, 0.05) is 74.6 Å². The largest absolute Gasteiger partial charge is 0.442 e. The predicted octanol–water partition coefficient (Wildman–Crippen LogP) is 6.57. The molecule has 0 saturated carbocycles. The summed E-state index contributed by atoms with van der Waals surface area (Å²) >= 11 is 0. The Morgan fingerprint density at radius 1 is 0.850 bits per heavy atom. The fraction of sp³-hybridized carbons (Fsp3) is 0.596. The van der Waals surface area contributed by atoms with Crippen LogP contribution in [0.2, 0.25) is 0 Å². The molecule has 13 heteroatoms. The molecule has 2 N–H and O–H groups in total. The third kappa shape index (κ3) is 10.9. The highest BCUT2D eigenvalue weighted by Gasteiger charge is 2.34. The van der Waals surface area contributed by atoms with Gasteiger partial charge in [-0.05, 0) is 99.8 Å². The van der Waals surface area contributed by atoms with Gasteiger partial charge in [0.05, 0.1) is 11.7 Å². The van der Waals surface area contributed by atoms with Gasteiger partial charge in [-0.2, -0.15) is 5.10 Å². The number of para-hydroxylation sites is 1. The second-order valence-electron chi connectivity index (χ2n) is 17.5. The normalized spacial score (nSPS) is 18.0. The molecule has 60 heavy (non-hydrogen) atoms. The third-order valence-corrected chi connectivity index (χ3v) is 13.2. The summed E-state index contributed by atoms with van der Waals surface area (Å²) in [4.78, 5) is 65.7. The van der Waals surface area contributed by atoms with Crippen molar-refractivity contribution in [3.05, 3.63) is 75.7 Å². The molecule has 3 saturated heterocycles. The molecule has 0 aliphatic carbocycles. The summed E-state index contributed by atoms with van der Waals surface area (Å²) in [6.45, 7) is 10.4.